The number of benzene rings is 2. The van der Waals surface area contributed by atoms with Gasteiger partial charge in [0.25, 0.3) is 11.7 Å². The highest BCUT2D eigenvalue weighted by Crippen LogP contribution is 2.42. The Kier molecular flexibility index (Phi) is 8.31. The molecule has 4 aromatic rings. The number of ether oxygens (including phenoxy) is 2. The SMILES string of the molecule is COc1cc(C2/C(=C(\O)c3nc4c(C)cccn4c3C)C(=O)C(=O)N2CCCN(C)C)ccc1OCc1ccccc1. The fourth-order valence-electron chi connectivity index (χ4n) is 5.40. The molecular weight excluding hydrogens is 532 g/mol. The van der Waals surface area contributed by atoms with Gasteiger partial charge in [0.05, 0.1) is 24.4 Å². The van der Waals surface area contributed by atoms with Crippen LogP contribution in [0.5, 0.6) is 11.5 Å². The Balaban J connectivity index is 1.59. The molecule has 2 aromatic heterocycles. The number of aliphatic hydroxyl groups excluding tert-OH is 1. The molecule has 42 heavy (non-hydrogen) atoms. The molecule has 1 aliphatic heterocycles. The fourth-order valence-corrected chi connectivity index (χ4v) is 5.40. The Labute approximate surface area is 245 Å². The molecule has 0 saturated carbocycles. The molecule has 9 nitrogen and oxygen atoms in total. The molecule has 218 valence electrons. The smallest absolute Gasteiger partial charge is 0.295 e. The van der Waals surface area contributed by atoms with E-state index in [1.54, 1.807) is 19.2 Å². The zero-order valence-corrected chi connectivity index (χ0v) is 24.6. The van der Waals surface area contributed by atoms with Crippen LogP contribution in [0.1, 0.15) is 40.5 Å². The number of fused-ring (bicyclic) bond motifs is 1. The molecule has 1 N–H and O–H groups in total. The minimum atomic E-state index is -0.824. The minimum absolute atomic E-state index is 0.00835. The van der Waals surface area contributed by atoms with Crippen LogP contribution in [0.15, 0.2) is 72.4 Å². The highest BCUT2D eigenvalue weighted by Gasteiger charge is 2.46. The molecule has 0 radical (unpaired) electrons. The van der Waals surface area contributed by atoms with E-state index in [0.717, 1.165) is 17.7 Å². The number of pyridine rings is 1. The average Bonchev–Trinajstić information content (AvgIpc) is 3.46. The third-order valence-electron chi connectivity index (χ3n) is 7.59. The van der Waals surface area contributed by atoms with Crippen LogP contribution in [-0.2, 0) is 16.2 Å². The summed E-state index contributed by atoms with van der Waals surface area (Å²) in [6.45, 7) is 5.19. The van der Waals surface area contributed by atoms with Crippen LogP contribution < -0.4 is 9.47 Å². The molecular formula is C33H36N4O5. The van der Waals surface area contributed by atoms with Crippen LogP contribution in [0.4, 0.5) is 0 Å². The third-order valence-corrected chi connectivity index (χ3v) is 7.59. The number of nitrogens with zero attached hydrogens (tertiary/aromatic N) is 4. The first kappa shape index (κ1) is 28.9. The molecule has 0 aliphatic carbocycles. The Hall–Kier alpha value is -4.63. The van der Waals surface area contributed by atoms with Crippen molar-refractivity contribution < 1.29 is 24.2 Å². The van der Waals surface area contributed by atoms with Gasteiger partial charge in [-0.15, -0.1) is 0 Å². The van der Waals surface area contributed by atoms with Crippen molar-refractivity contribution in [2.45, 2.75) is 32.9 Å². The van der Waals surface area contributed by atoms with E-state index < -0.39 is 17.7 Å². The van der Waals surface area contributed by atoms with E-state index in [2.05, 4.69) is 4.98 Å². The van der Waals surface area contributed by atoms with Gasteiger partial charge in [-0.1, -0.05) is 42.5 Å². The normalized spacial score (nSPS) is 16.5. The summed E-state index contributed by atoms with van der Waals surface area (Å²) in [5, 5.41) is 11.7. The van der Waals surface area contributed by atoms with Gasteiger partial charge in [-0.05, 0) is 75.8 Å². The zero-order valence-electron chi connectivity index (χ0n) is 24.6. The number of Topliss-reactive ketones (excluding diaryl/α,β-unsaturated/α-hetero) is 1. The van der Waals surface area contributed by atoms with Gasteiger partial charge in [-0.2, -0.15) is 0 Å². The van der Waals surface area contributed by atoms with Crippen LogP contribution >= 0.6 is 0 Å². The molecule has 1 fully saturated rings. The van der Waals surface area contributed by atoms with Gasteiger partial charge in [-0.3, -0.25) is 9.59 Å². The molecule has 1 atom stereocenters. The van der Waals surface area contributed by atoms with E-state index in [-0.39, 0.29) is 17.0 Å². The number of hydrogen-bond acceptors (Lipinski definition) is 7. The standard InChI is InChI=1S/C33H36N4O5/c1-21-11-9-17-36-22(2)28(34-32(21)36)30(38)27-29(37(33(40)31(27)39)18-10-16-35(3)4)24-14-15-25(26(19-24)41-5)42-20-23-12-7-6-8-13-23/h6-9,11-15,17,19,29,38H,10,16,18,20H2,1-5H3/b30-27+. The van der Waals surface area contributed by atoms with Crippen molar-refractivity contribution in [1.29, 1.82) is 0 Å². The van der Waals surface area contributed by atoms with Crippen molar-refractivity contribution >= 4 is 23.1 Å². The highest BCUT2D eigenvalue weighted by molar-refractivity contribution is 6.46. The number of likely N-dealkylation sites (tertiary alicyclic amines) is 1. The summed E-state index contributed by atoms with van der Waals surface area (Å²) in [7, 11) is 5.46. The van der Waals surface area contributed by atoms with Gasteiger partial charge in [-0.25, -0.2) is 4.98 Å². The molecule has 5 rings (SSSR count). The number of hydrogen-bond donors (Lipinski definition) is 1. The summed E-state index contributed by atoms with van der Waals surface area (Å²) in [6, 6.07) is 18.2. The lowest BCUT2D eigenvalue weighted by Gasteiger charge is -2.26. The molecule has 1 amide bonds. The first-order valence-corrected chi connectivity index (χ1v) is 13.9. The monoisotopic (exact) mass is 568 g/mol. The summed E-state index contributed by atoms with van der Waals surface area (Å²) in [4.78, 5) is 35.2. The Bertz CT molecular complexity index is 1660. The number of carbonyl (C=O) groups is 2. The van der Waals surface area contributed by atoms with Gasteiger partial charge >= 0.3 is 0 Å². The maximum atomic E-state index is 13.6. The lowest BCUT2D eigenvalue weighted by molar-refractivity contribution is -0.139. The van der Waals surface area contributed by atoms with Crippen molar-refractivity contribution in [3.63, 3.8) is 0 Å². The molecule has 2 aromatic carbocycles. The van der Waals surface area contributed by atoms with E-state index in [4.69, 9.17) is 9.47 Å². The van der Waals surface area contributed by atoms with E-state index in [1.807, 2.05) is 92.0 Å². The second-order valence-electron chi connectivity index (χ2n) is 10.8. The first-order chi connectivity index (χ1) is 20.2. The Morgan fingerprint density at radius 3 is 2.48 bits per heavy atom. The topological polar surface area (TPSA) is 96.6 Å². The number of amides is 1. The number of aliphatic hydroxyl groups is 1. The average molecular weight is 569 g/mol. The molecule has 9 heteroatoms. The van der Waals surface area contributed by atoms with Crippen LogP contribution in [0.3, 0.4) is 0 Å². The van der Waals surface area contributed by atoms with Crippen LogP contribution in [0, 0.1) is 13.8 Å². The van der Waals surface area contributed by atoms with E-state index in [9.17, 15) is 14.7 Å². The number of aromatic nitrogens is 2. The maximum Gasteiger partial charge on any atom is 0.295 e. The third kappa shape index (κ3) is 5.47. The molecule has 1 aliphatic rings. The summed E-state index contributed by atoms with van der Waals surface area (Å²) >= 11 is 0. The Morgan fingerprint density at radius 1 is 1.02 bits per heavy atom. The summed E-state index contributed by atoms with van der Waals surface area (Å²) in [5.41, 5.74) is 4.19. The maximum absolute atomic E-state index is 13.6. The number of carbonyl (C=O) groups excluding carboxylic acids is 2. The summed E-state index contributed by atoms with van der Waals surface area (Å²) in [5.74, 6) is -0.694. The van der Waals surface area contributed by atoms with Crippen LogP contribution in [0.2, 0.25) is 0 Å². The largest absolute Gasteiger partial charge is 0.505 e. The quantitative estimate of drug-likeness (QED) is 0.165. The van der Waals surface area contributed by atoms with Crippen molar-refractivity contribution in [2.75, 3.05) is 34.3 Å². The lowest BCUT2D eigenvalue weighted by Crippen LogP contribution is -2.32. The fraction of sp³-hybridized carbons (Fsp3) is 0.303. The lowest BCUT2D eigenvalue weighted by atomic mass is 9.96. The minimum Gasteiger partial charge on any atom is -0.505 e. The summed E-state index contributed by atoms with van der Waals surface area (Å²) in [6.07, 6.45) is 2.51. The second-order valence-corrected chi connectivity index (χ2v) is 10.8. The van der Waals surface area contributed by atoms with Crippen molar-refractivity contribution in [3.05, 3.63) is 101 Å². The van der Waals surface area contributed by atoms with E-state index >= 15 is 0 Å². The van der Waals surface area contributed by atoms with Gasteiger partial charge in [0, 0.05) is 12.7 Å². The first-order valence-electron chi connectivity index (χ1n) is 13.9. The predicted octanol–water partition coefficient (Wildman–Crippen LogP) is 4.91. The number of ketones is 1. The molecule has 1 unspecified atom stereocenters. The zero-order chi connectivity index (χ0) is 30.0. The summed E-state index contributed by atoms with van der Waals surface area (Å²) < 4.78 is 13.6. The number of rotatable bonds is 10. The molecule has 3 heterocycles. The van der Waals surface area contributed by atoms with Crippen LogP contribution in [-0.4, -0.2) is 70.3 Å². The van der Waals surface area contributed by atoms with Gasteiger partial charge < -0.3 is 28.8 Å². The van der Waals surface area contributed by atoms with Crippen molar-refractivity contribution in [3.8, 4) is 11.5 Å². The van der Waals surface area contributed by atoms with Gasteiger partial charge in [0.15, 0.2) is 17.3 Å². The van der Waals surface area contributed by atoms with Gasteiger partial charge in [0.1, 0.15) is 17.9 Å². The molecule has 0 bridgehead atoms. The van der Waals surface area contributed by atoms with Gasteiger partial charge in [0.2, 0.25) is 0 Å². The number of aryl methyl sites for hydroxylation is 2. The second kappa shape index (κ2) is 12.1. The highest BCUT2D eigenvalue weighted by atomic mass is 16.5. The van der Waals surface area contributed by atoms with Crippen molar-refractivity contribution in [2.24, 2.45) is 0 Å². The molecule has 0 spiro atoms. The van der Waals surface area contributed by atoms with Crippen molar-refractivity contribution in [1.82, 2.24) is 19.2 Å². The van der Waals surface area contributed by atoms with E-state index in [0.29, 0.717) is 48.0 Å². The molecule has 1 saturated heterocycles. The number of methoxy groups -OCH3 is 1. The number of imidazole rings is 1. The Morgan fingerprint density at radius 2 is 1.79 bits per heavy atom. The van der Waals surface area contributed by atoms with Crippen LogP contribution in [0.25, 0.3) is 11.4 Å². The predicted molar refractivity (Wildman–Crippen MR) is 161 cm³/mol. The van der Waals surface area contributed by atoms with E-state index in [1.165, 1.54) is 4.90 Å².